The van der Waals surface area contributed by atoms with Crippen molar-refractivity contribution in [1.82, 2.24) is 9.97 Å². The third kappa shape index (κ3) is 4.75. The zero-order valence-corrected chi connectivity index (χ0v) is 14.7. The molecule has 140 valence electrons. The summed E-state index contributed by atoms with van der Waals surface area (Å²) in [5.74, 6) is -0.412. The van der Waals surface area contributed by atoms with Crippen LogP contribution in [0.4, 0.5) is 5.69 Å². The van der Waals surface area contributed by atoms with E-state index >= 15 is 0 Å². The van der Waals surface area contributed by atoms with Crippen molar-refractivity contribution in [3.05, 3.63) is 58.5 Å². The molecule has 3 rings (SSSR count). The second kappa shape index (κ2) is 8.22. The molecule has 0 saturated heterocycles. The van der Waals surface area contributed by atoms with E-state index in [0.29, 0.717) is 34.6 Å². The van der Waals surface area contributed by atoms with Crippen molar-refractivity contribution in [1.29, 1.82) is 0 Å². The highest BCUT2D eigenvalue weighted by molar-refractivity contribution is 5.96. The zero-order valence-electron chi connectivity index (χ0n) is 14.7. The zero-order chi connectivity index (χ0) is 19.2. The minimum Gasteiger partial charge on any atom is -0.494 e. The van der Waals surface area contributed by atoms with E-state index in [9.17, 15) is 14.4 Å². The van der Waals surface area contributed by atoms with Gasteiger partial charge in [0.05, 0.1) is 23.2 Å². The van der Waals surface area contributed by atoms with Gasteiger partial charge in [0.15, 0.2) is 6.61 Å². The van der Waals surface area contributed by atoms with Crippen molar-refractivity contribution in [2.75, 3.05) is 18.5 Å². The molecule has 27 heavy (non-hydrogen) atoms. The van der Waals surface area contributed by atoms with Crippen LogP contribution in [0.15, 0.2) is 47.3 Å². The fraction of sp³-hybridized carbons (Fsp3) is 0.211. The molecule has 0 radical (unpaired) electrons. The van der Waals surface area contributed by atoms with E-state index in [1.54, 1.807) is 42.5 Å². The highest BCUT2D eigenvalue weighted by Crippen LogP contribution is 2.15. The molecule has 1 heterocycles. The van der Waals surface area contributed by atoms with Gasteiger partial charge in [0.25, 0.3) is 5.91 Å². The maximum atomic E-state index is 12.0. The molecule has 0 aliphatic heterocycles. The van der Waals surface area contributed by atoms with Crippen LogP contribution in [0.2, 0.25) is 0 Å². The number of rotatable bonds is 7. The maximum Gasteiger partial charge on any atom is 0.338 e. The molecule has 2 aromatic carbocycles. The van der Waals surface area contributed by atoms with E-state index in [2.05, 4.69) is 15.3 Å². The van der Waals surface area contributed by atoms with Crippen LogP contribution in [0, 0.1) is 0 Å². The molecule has 0 aliphatic rings. The first-order chi connectivity index (χ1) is 13.0. The van der Waals surface area contributed by atoms with E-state index < -0.39 is 18.5 Å². The third-order valence-electron chi connectivity index (χ3n) is 3.70. The number of fused-ring (bicyclic) bond motifs is 1. The van der Waals surface area contributed by atoms with Gasteiger partial charge in [-0.2, -0.15) is 0 Å². The Hall–Kier alpha value is -3.55. The molecular formula is C19H19N3O5. The summed E-state index contributed by atoms with van der Waals surface area (Å²) in [5, 5.41) is 2.61. The Labute approximate surface area is 154 Å². The lowest BCUT2D eigenvalue weighted by atomic mass is 10.2. The molecule has 3 N–H and O–H groups in total. The number of hydrogen-bond acceptors (Lipinski definition) is 5. The van der Waals surface area contributed by atoms with Crippen LogP contribution in [0.1, 0.15) is 23.7 Å². The SMILES string of the molecule is CCCOc1ccc(C(=O)OCC(=O)Nc2ccc3[nH]c(=O)[nH]c3c2)cc1. The molecule has 1 amide bonds. The summed E-state index contributed by atoms with van der Waals surface area (Å²) in [6.45, 7) is 2.19. The molecule has 0 atom stereocenters. The fourth-order valence-corrected chi connectivity index (χ4v) is 2.43. The Morgan fingerprint density at radius 1 is 1.04 bits per heavy atom. The molecule has 0 bridgehead atoms. The summed E-state index contributed by atoms with van der Waals surface area (Å²) in [5.41, 5.74) is 1.69. The standard InChI is InChI=1S/C19H19N3O5/c1-2-9-26-14-6-3-12(4-7-14)18(24)27-11-17(23)20-13-5-8-15-16(10-13)22-19(25)21-15/h3-8,10H,2,9,11H2,1H3,(H,20,23)(H2,21,22,25). The van der Waals surface area contributed by atoms with Crippen LogP contribution in [0.3, 0.4) is 0 Å². The normalized spacial score (nSPS) is 10.6. The lowest BCUT2D eigenvalue weighted by Gasteiger charge is -2.08. The Morgan fingerprint density at radius 3 is 2.52 bits per heavy atom. The number of benzene rings is 2. The number of aromatic nitrogens is 2. The third-order valence-corrected chi connectivity index (χ3v) is 3.70. The first-order valence-electron chi connectivity index (χ1n) is 8.47. The Balaban J connectivity index is 1.53. The topological polar surface area (TPSA) is 113 Å². The molecule has 3 aromatic rings. The monoisotopic (exact) mass is 369 g/mol. The van der Waals surface area contributed by atoms with Crippen LogP contribution in [-0.4, -0.2) is 35.1 Å². The number of nitrogens with one attached hydrogen (secondary N) is 3. The van der Waals surface area contributed by atoms with Gasteiger partial charge in [0.1, 0.15) is 5.75 Å². The molecule has 0 fully saturated rings. The fourth-order valence-electron chi connectivity index (χ4n) is 2.43. The van der Waals surface area contributed by atoms with Crippen molar-refractivity contribution in [3.63, 3.8) is 0 Å². The molecule has 1 aromatic heterocycles. The van der Waals surface area contributed by atoms with Crippen molar-refractivity contribution >= 4 is 28.6 Å². The van der Waals surface area contributed by atoms with Crippen molar-refractivity contribution < 1.29 is 19.1 Å². The van der Waals surface area contributed by atoms with Gasteiger partial charge in [-0.05, 0) is 48.9 Å². The number of amides is 1. The number of imidazole rings is 1. The number of carbonyl (C=O) groups is 2. The summed E-state index contributed by atoms with van der Waals surface area (Å²) in [4.78, 5) is 40.4. The Bertz CT molecular complexity index is 1000. The van der Waals surface area contributed by atoms with E-state index in [-0.39, 0.29) is 5.69 Å². The minimum absolute atomic E-state index is 0.325. The average Bonchev–Trinajstić information content (AvgIpc) is 3.04. The minimum atomic E-state index is -0.599. The van der Waals surface area contributed by atoms with Gasteiger partial charge in [0.2, 0.25) is 0 Å². The molecule has 0 spiro atoms. The molecule has 0 saturated carbocycles. The Morgan fingerprint density at radius 2 is 1.78 bits per heavy atom. The summed E-state index contributed by atoms with van der Waals surface area (Å²) < 4.78 is 10.5. The van der Waals surface area contributed by atoms with Crippen molar-refractivity contribution in [2.24, 2.45) is 0 Å². The van der Waals surface area contributed by atoms with Crippen LogP contribution >= 0.6 is 0 Å². The summed E-state index contributed by atoms with van der Waals surface area (Å²) >= 11 is 0. The highest BCUT2D eigenvalue weighted by atomic mass is 16.5. The smallest absolute Gasteiger partial charge is 0.338 e. The summed E-state index contributed by atoms with van der Waals surface area (Å²) in [6, 6.07) is 11.4. The van der Waals surface area contributed by atoms with Gasteiger partial charge in [-0.15, -0.1) is 0 Å². The van der Waals surface area contributed by atoms with Crippen molar-refractivity contribution in [2.45, 2.75) is 13.3 Å². The quantitative estimate of drug-likeness (QED) is 0.554. The number of esters is 1. The number of aromatic amines is 2. The van der Waals surface area contributed by atoms with Gasteiger partial charge in [-0.1, -0.05) is 6.92 Å². The first kappa shape index (κ1) is 18.2. The van der Waals surface area contributed by atoms with E-state index in [1.165, 1.54) is 0 Å². The average molecular weight is 369 g/mol. The second-order valence-electron chi connectivity index (χ2n) is 5.84. The van der Waals surface area contributed by atoms with E-state index in [1.807, 2.05) is 6.92 Å². The van der Waals surface area contributed by atoms with Crippen LogP contribution in [0.5, 0.6) is 5.75 Å². The van der Waals surface area contributed by atoms with E-state index in [4.69, 9.17) is 9.47 Å². The van der Waals surface area contributed by atoms with Gasteiger partial charge < -0.3 is 24.8 Å². The predicted molar refractivity (Wildman–Crippen MR) is 100 cm³/mol. The van der Waals surface area contributed by atoms with Gasteiger partial charge in [-0.3, -0.25) is 4.79 Å². The first-order valence-corrected chi connectivity index (χ1v) is 8.47. The second-order valence-corrected chi connectivity index (χ2v) is 5.84. The largest absolute Gasteiger partial charge is 0.494 e. The van der Waals surface area contributed by atoms with E-state index in [0.717, 1.165) is 6.42 Å². The van der Waals surface area contributed by atoms with Gasteiger partial charge in [-0.25, -0.2) is 9.59 Å². The predicted octanol–water partition coefficient (Wildman–Crippen LogP) is 2.44. The number of anilines is 1. The summed E-state index contributed by atoms with van der Waals surface area (Å²) in [6.07, 6.45) is 0.895. The molecule has 8 heteroatoms. The number of hydrogen-bond donors (Lipinski definition) is 3. The lowest BCUT2D eigenvalue weighted by Crippen LogP contribution is -2.20. The van der Waals surface area contributed by atoms with Crippen LogP contribution < -0.4 is 15.7 Å². The molecule has 0 aliphatic carbocycles. The molecule has 8 nitrogen and oxygen atoms in total. The Kier molecular flexibility index (Phi) is 5.55. The number of carbonyl (C=O) groups excluding carboxylic acids is 2. The van der Waals surface area contributed by atoms with Gasteiger partial charge in [0, 0.05) is 5.69 Å². The van der Waals surface area contributed by atoms with Gasteiger partial charge >= 0.3 is 11.7 Å². The molecular weight excluding hydrogens is 350 g/mol. The van der Waals surface area contributed by atoms with Crippen LogP contribution in [0.25, 0.3) is 11.0 Å². The summed E-state index contributed by atoms with van der Waals surface area (Å²) in [7, 11) is 0. The van der Waals surface area contributed by atoms with Crippen LogP contribution in [-0.2, 0) is 9.53 Å². The highest BCUT2D eigenvalue weighted by Gasteiger charge is 2.11. The lowest BCUT2D eigenvalue weighted by molar-refractivity contribution is -0.119. The number of ether oxygens (including phenoxy) is 2. The van der Waals surface area contributed by atoms with Crippen molar-refractivity contribution in [3.8, 4) is 5.75 Å². The molecule has 0 unspecified atom stereocenters. The number of H-pyrrole nitrogens is 2. The maximum absolute atomic E-state index is 12.0.